The van der Waals surface area contributed by atoms with Crippen molar-refractivity contribution < 1.29 is 18.3 Å². The minimum atomic E-state index is -2.85. The molecule has 0 spiro atoms. The Balaban J connectivity index is 2.10. The highest BCUT2D eigenvalue weighted by molar-refractivity contribution is 5.47. The van der Waals surface area contributed by atoms with Crippen molar-refractivity contribution in [3.05, 3.63) is 53.6 Å². The number of ether oxygens (including phenoxy) is 2. The fourth-order valence-corrected chi connectivity index (χ4v) is 1.82. The summed E-state index contributed by atoms with van der Waals surface area (Å²) in [7, 11) is 0. The van der Waals surface area contributed by atoms with Crippen LogP contribution < -0.4 is 15.2 Å². The summed E-state index contributed by atoms with van der Waals surface area (Å²) in [5.74, 6) is 0.779. The predicted octanol–water partition coefficient (Wildman–Crippen LogP) is 3.76. The molecule has 2 rings (SSSR count). The molecular formula is C15H15F2NO2. The van der Waals surface area contributed by atoms with Crippen LogP contribution >= 0.6 is 0 Å². The molecule has 20 heavy (non-hydrogen) atoms. The molecule has 3 nitrogen and oxygen atoms in total. The van der Waals surface area contributed by atoms with Crippen LogP contribution in [0.4, 0.5) is 14.5 Å². The zero-order valence-corrected chi connectivity index (χ0v) is 11.0. The molecular weight excluding hydrogens is 264 g/mol. The molecule has 0 saturated heterocycles. The van der Waals surface area contributed by atoms with Gasteiger partial charge in [-0.1, -0.05) is 18.2 Å². The van der Waals surface area contributed by atoms with Crippen LogP contribution in [0.2, 0.25) is 0 Å². The van der Waals surface area contributed by atoms with Crippen molar-refractivity contribution in [2.24, 2.45) is 0 Å². The van der Waals surface area contributed by atoms with E-state index in [1.54, 1.807) is 36.4 Å². The molecule has 0 aromatic heterocycles. The van der Waals surface area contributed by atoms with Gasteiger partial charge in [0, 0.05) is 11.3 Å². The molecule has 0 radical (unpaired) electrons. The third-order valence-electron chi connectivity index (χ3n) is 2.77. The summed E-state index contributed by atoms with van der Waals surface area (Å²) in [4.78, 5) is 0. The number of rotatable bonds is 5. The summed E-state index contributed by atoms with van der Waals surface area (Å²) in [5, 5.41) is 0. The molecule has 0 unspecified atom stereocenters. The van der Waals surface area contributed by atoms with Crippen molar-refractivity contribution in [2.45, 2.75) is 20.1 Å². The Morgan fingerprint density at radius 2 is 1.85 bits per heavy atom. The maximum absolute atomic E-state index is 12.3. The van der Waals surface area contributed by atoms with E-state index in [2.05, 4.69) is 4.74 Å². The Morgan fingerprint density at radius 3 is 2.55 bits per heavy atom. The van der Waals surface area contributed by atoms with Crippen LogP contribution in [0, 0.1) is 6.92 Å². The Morgan fingerprint density at radius 1 is 1.10 bits per heavy atom. The van der Waals surface area contributed by atoms with Crippen molar-refractivity contribution in [3.63, 3.8) is 0 Å². The second-order valence-corrected chi connectivity index (χ2v) is 4.30. The monoisotopic (exact) mass is 279 g/mol. The van der Waals surface area contributed by atoms with Gasteiger partial charge in [0.1, 0.15) is 18.1 Å². The Bertz CT molecular complexity index is 588. The van der Waals surface area contributed by atoms with Gasteiger partial charge in [0.25, 0.3) is 0 Å². The quantitative estimate of drug-likeness (QED) is 0.848. The molecule has 0 aliphatic heterocycles. The van der Waals surface area contributed by atoms with Gasteiger partial charge >= 0.3 is 6.61 Å². The Kier molecular flexibility index (Phi) is 4.40. The number of alkyl halides is 2. The van der Waals surface area contributed by atoms with E-state index in [4.69, 9.17) is 10.5 Å². The lowest BCUT2D eigenvalue weighted by Crippen LogP contribution is -2.06. The lowest BCUT2D eigenvalue weighted by Gasteiger charge is -2.13. The first-order valence-electron chi connectivity index (χ1n) is 6.08. The van der Waals surface area contributed by atoms with Gasteiger partial charge in [0.2, 0.25) is 0 Å². The molecule has 0 aliphatic carbocycles. The molecule has 0 aliphatic rings. The van der Waals surface area contributed by atoms with Crippen LogP contribution in [0.15, 0.2) is 42.5 Å². The molecule has 0 saturated carbocycles. The van der Waals surface area contributed by atoms with Gasteiger partial charge in [-0.2, -0.15) is 8.78 Å². The summed E-state index contributed by atoms with van der Waals surface area (Å²) in [5.41, 5.74) is 7.75. The Labute approximate surface area is 115 Å². The SMILES string of the molecule is Cc1cc(N)ccc1OCc1ccccc1OC(F)F. The molecule has 0 amide bonds. The van der Waals surface area contributed by atoms with Gasteiger partial charge < -0.3 is 15.2 Å². The number of benzene rings is 2. The van der Waals surface area contributed by atoms with Gasteiger partial charge in [-0.25, -0.2) is 0 Å². The first-order valence-corrected chi connectivity index (χ1v) is 6.08. The number of hydrogen-bond donors (Lipinski definition) is 1. The minimum Gasteiger partial charge on any atom is -0.488 e. The van der Waals surface area contributed by atoms with E-state index >= 15 is 0 Å². The van der Waals surface area contributed by atoms with E-state index < -0.39 is 6.61 Å². The number of halogens is 2. The molecule has 0 fully saturated rings. The van der Waals surface area contributed by atoms with E-state index in [-0.39, 0.29) is 12.4 Å². The molecule has 2 aromatic rings. The highest BCUT2D eigenvalue weighted by Gasteiger charge is 2.10. The maximum Gasteiger partial charge on any atom is 0.387 e. The van der Waals surface area contributed by atoms with E-state index in [0.717, 1.165) is 5.56 Å². The zero-order valence-electron chi connectivity index (χ0n) is 11.0. The van der Waals surface area contributed by atoms with Crippen molar-refractivity contribution in [1.29, 1.82) is 0 Å². The topological polar surface area (TPSA) is 44.5 Å². The highest BCUT2D eigenvalue weighted by Crippen LogP contribution is 2.25. The summed E-state index contributed by atoms with van der Waals surface area (Å²) in [6, 6.07) is 11.8. The lowest BCUT2D eigenvalue weighted by molar-refractivity contribution is -0.0508. The molecule has 0 atom stereocenters. The fourth-order valence-electron chi connectivity index (χ4n) is 1.82. The van der Waals surface area contributed by atoms with E-state index in [0.29, 0.717) is 17.0 Å². The Hall–Kier alpha value is -2.30. The molecule has 0 bridgehead atoms. The largest absolute Gasteiger partial charge is 0.488 e. The average Bonchev–Trinajstić information content (AvgIpc) is 2.39. The zero-order chi connectivity index (χ0) is 14.5. The summed E-state index contributed by atoms with van der Waals surface area (Å²) >= 11 is 0. The molecule has 106 valence electrons. The van der Waals surface area contributed by atoms with Crippen LogP contribution in [0.5, 0.6) is 11.5 Å². The van der Waals surface area contributed by atoms with Gasteiger partial charge in [0.15, 0.2) is 0 Å². The number of para-hydroxylation sites is 1. The van der Waals surface area contributed by atoms with Crippen molar-refractivity contribution >= 4 is 5.69 Å². The van der Waals surface area contributed by atoms with E-state index in [1.807, 2.05) is 6.92 Å². The number of nitrogens with two attached hydrogens (primary N) is 1. The van der Waals surface area contributed by atoms with E-state index in [1.165, 1.54) is 6.07 Å². The predicted molar refractivity (Wildman–Crippen MR) is 73.0 cm³/mol. The van der Waals surface area contributed by atoms with Gasteiger partial charge in [-0.3, -0.25) is 0 Å². The van der Waals surface area contributed by atoms with Crippen molar-refractivity contribution in [3.8, 4) is 11.5 Å². The summed E-state index contributed by atoms with van der Waals surface area (Å²) in [6.07, 6.45) is 0. The van der Waals surface area contributed by atoms with Crippen LogP contribution in [-0.2, 0) is 6.61 Å². The molecule has 5 heteroatoms. The molecule has 2 aromatic carbocycles. The molecule has 2 N–H and O–H groups in total. The lowest BCUT2D eigenvalue weighted by atomic mass is 10.2. The normalized spacial score (nSPS) is 10.6. The van der Waals surface area contributed by atoms with Gasteiger partial charge in [-0.05, 0) is 36.8 Å². The standard InChI is InChI=1S/C15H15F2NO2/c1-10-8-12(18)6-7-13(10)19-9-11-4-2-3-5-14(11)20-15(16)17/h2-8,15H,9,18H2,1H3. The van der Waals surface area contributed by atoms with Crippen LogP contribution in [0.3, 0.4) is 0 Å². The number of anilines is 1. The maximum atomic E-state index is 12.3. The highest BCUT2D eigenvalue weighted by atomic mass is 19.3. The third-order valence-corrected chi connectivity index (χ3v) is 2.77. The second kappa shape index (κ2) is 6.23. The molecule has 0 heterocycles. The second-order valence-electron chi connectivity index (χ2n) is 4.30. The first kappa shape index (κ1) is 14.1. The van der Waals surface area contributed by atoms with Crippen molar-refractivity contribution in [2.75, 3.05) is 5.73 Å². The van der Waals surface area contributed by atoms with Crippen LogP contribution in [0.25, 0.3) is 0 Å². The van der Waals surface area contributed by atoms with Crippen LogP contribution in [0.1, 0.15) is 11.1 Å². The number of nitrogen functional groups attached to an aromatic ring is 1. The van der Waals surface area contributed by atoms with E-state index in [9.17, 15) is 8.78 Å². The first-order chi connectivity index (χ1) is 9.56. The van der Waals surface area contributed by atoms with Crippen LogP contribution in [-0.4, -0.2) is 6.61 Å². The number of aryl methyl sites for hydroxylation is 1. The summed E-state index contributed by atoms with van der Waals surface area (Å²) in [6.45, 7) is -0.838. The fraction of sp³-hybridized carbons (Fsp3) is 0.200. The third kappa shape index (κ3) is 3.60. The smallest absolute Gasteiger partial charge is 0.387 e. The number of hydrogen-bond acceptors (Lipinski definition) is 3. The van der Waals surface area contributed by atoms with Gasteiger partial charge in [0.05, 0.1) is 0 Å². The average molecular weight is 279 g/mol. The summed E-state index contributed by atoms with van der Waals surface area (Å²) < 4.78 is 34.7. The van der Waals surface area contributed by atoms with Gasteiger partial charge in [-0.15, -0.1) is 0 Å². The van der Waals surface area contributed by atoms with Crippen molar-refractivity contribution in [1.82, 2.24) is 0 Å². The minimum absolute atomic E-state index is 0.121.